The lowest BCUT2D eigenvalue weighted by Crippen LogP contribution is -2.45. The van der Waals surface area contributed by atoms with Gasteiger partial charge in [0.25, 0.3) is 5.91 Å². The summed E-state index contributed by atoms with van der Waals surface area (Å²) in [5, 5.41) is 11.7. The van der Waals surface area contributed by atoms with Crippen LogP contribution < -0.4 is 5.32 Å². The van der Waals surface area contributed by atoms with Crippen LogP contribution in [0.2, 0.25) is 0 Å². The van der Waals surface area contributed by atoms with Crippen LogP contribution in [-0.2, 0) is 25.6 Å². The fourth-order valence-electron chi connectivity index (χ4n) is 5.74. The number of halogens is 5. The summed E-state index contributed by atoms with van der Waals surface area (Å²) in [6, 6.07) is 12.7. The van der Waals surface area contributed by atoms with Crippen molar-refractivity contribution in [2.24, 2.45) is 0 Å². The number of likely N-dealkylation sites (tertiary alicyclic amines) is 1. The van der Waals surface area contributed by atoms with E-state index in [1.807, 2.05) is 37.8 Å². The first-order chi connectivity index (χ1) is 22.3. The van der Waals surface area contributed by atoms with Gasteiger partial charge in [-0.1, -0.05) is 36.4 Å². The second-order valence-corrected chi connectivity index (χ2v) is 12.6. The van der Waals surface area contributed by atoms with Crippen molar-refractivity contribution in [1.29, 1.82) is 0 Å². The third-order valence-corrected chi connectivity index (χ3v) is 7.95. The average Bonchev–Trinajstić information content (AvgIpc) is 3.50. The predicted octanol–water partition coefficient (Wildman–Crippen LogP) is 6.48. The Morgan fingerprint density at radius 2 is 1.60 bits per heavy atom. The first-order valence-corrected chi connectivity index (χ1v) is 15.2. The van der Waals surface area contributed by atoms with Crippen LogP contribution in [-0.4, -0.2) is 52.7 Å². The van der Waals surface area contributed by atoms with Gasteiger partial charge in [-0.15, -0.1) is 0 Å². The number of nitrogens with zero attached hydrogens (tertiary/aromatic N) is 1. The van der Waals surface area contributed by atoms with Gasteiger partial charge in [-0.25, -0.2) is 22.0 Å². The number of carbonyl (C=O) groups is 2. The van der Waals surface area contributed by atoms with Crippen molar-refractivity contribution in [3.8, 4) is 0 Å². The number of esters is 1. The standard InChI is InChI=1S/C34H35F5N2O6/c1-34(2,3)47-32(44)23-8-5-13-41(23)16-22-15-24(19-11-9-18(17-42)10-12-19)46-33(45-22)20-6-4-7-21(14-20)40-31(43)25-26(35)28(37)30(39)29(38)27(25)36/h4,6-7,9-12,14,22-24,33,42H,5,8,13,15-17H2,1-3H3,(H,40,43)/t22-,23+,24+,33+/m1/s1. The third-order valence-electron chi connectivity index (χ3n) is 7.95. The maximum atomic E-state index is 14.3. The third kappa shape index (κ3) is 7.81. The number of rotatable bonds is 8. The van der Waals surface area contributed by atoms with E-state index in [1.165, 1.54) is 18.2 Å². The van der Waals surface area contributed by atoms with Gasteiger partial charge >= 0.3 is 5.97 Å². The molecule has 5 rings (SSSR count). The molecule has 0 unspecified atom stereocenters. The first kappa shape index (κ1) is 34.4. The molecule has 4 atom stereocenters. The van der Waals surface area contributed by atoms with Crippen LogP contribution in [0.5, 0.6) is 0 Å². The quantitative estimate of drug-likeness (QED) is 0.123. The average molecular weight is 663 g/mol. The van der Waals surface area contributed by atoms with Gasteiger partial charge in [0.05, 0.1) is 18.8 Å². The molecule has 0 radical (unpaired) electrons. The van der Waals surface area contributed by atoms with Crippen molar-refractivity contribution >= 4 is 17.6 Å². The summed E-state index contributed by atoms with van der Waals surface area (Å²) >= 11 is 0. The normalized spacial score (nSPS) is 21.9. The minimum absolute atomic E-state index is 0.0147. The van der Waals surface area contributed by atoms with E-state index in [9.17, 15) is 36.6 Å². The van der Waals surface area contributed by atoms with Gasteiger partial charge in [0.15, 0.2) is 29.6 Å². The number of hydrogen-bond acceptors (Lipinski definition) is 7. The maximum Gasteiger partial charge on any atom is 0.323 e. The van der Waals surface area contributed by atoms with Crippen molar-refractivity contribution in [1.82, 2.24) is 4.90 Å². The van der Waals surface area contributed by atoms with E-state index in [0.717, 1.165) is 12.0 Å². The van der Waals surface area contributed by atoms with Gasteiger partial charge in [-0.3, -0.25) is 14.5 Å². The van der Waals surface area contributed by atoms with Crippen LogP contribution in [0.3, 0.4) is 0 Å². The molecule has 8 nitrogen and oxygen atoms in total. The topological polar surface area (TPSA) is 97.3 Å². The molecular weight excluding hydrogens is 627 g/mol. The fourth-order valence-corrected chi connectivity index (χ4v) is 5.74. The monoisotopic (exact) mass is 662 g/mol. The van der Waals surface area contributed by atoms with E-state index in [-0.39, 0.29) is 18.3 Å². The summed E-state index contributed by atoms with van der Waals surface area (Å²) in [5.41, 5.74) is -0.362. The predicted molar refractivity (Wildman–Crippen MR) is 159 cm³/mol. The van der Waals surface area contributed by atoms with E-state index in [4.69, 9.17) is 14.2 Å². The lowest BCUT2D eigenvalue weighted by Gasteiger charge is -2.38. The highest BCUT2D eigenvalue weighted by atomic mass is 19.2. The zero-order valence-corrected chi connectivity index (χ0v) is 26.0. The summed E-state index contributed by atoms with van der Waals surface area (Å²) in [4.78, 5) is 27.7. The number of ether oxygens (including phenoxy) is 3. The van der Waals surface area contributed by atoms with Crippen LogP contribution in [0, 0.1) is 29.1 Å². The molecule has 252 valence electrons. The number of hydrogen-bond donors (Lipinski definition) is 2. The van der Waals surface area contributed by atoms with Crippen molar-refractivity contribution in [2.75, 3.05) is 18.4 Å². The summed E-state index contributed by atoms with van der Waals surface area (Å²) in [5.74, 6) is -13.2. The lowest BCUT2D eigenvalue weighted by atomic mass is 9.99. The minimum Gasteiger partial charge on any atom is -0.459 e. The minimum atomic E-state index is -2.37. The van der Waals surface area contributed by atoms with Gasteiger partial charge in [0, 0.05) is 24.2 Å². The molecule has 2 N–H and O–H groups in total. The zero-order valence-electron chi connectivity index (χ0n) is 26.0. The Kier molecular flexibility index (Phi) is 10.3. The highest BCUT2D eigenvalue weighted by molar-refractivity contribution is 6.04. The molecule has 1 amide bonds. The van der Waals surface area contributed by atoms with Crippen molar-refractivity contribution in [3.63, 3.8) is 0 Å². The van der Waals surface area contributed by atoms with E-state index in [1.54, 1.807) is 18.2 Å². The SMILES string of the molecule is CC(C)(C)OC(=O)[C@@H]1CCCN1C[C@H]1C[C@@H](c2ccc(CO)cc2)O[C@@H](c2cccc(NC(=O)c3c(F)c(F)c(F)c(F)c3F)c2)O1. The Labute approximate surface area is 268 Å². The lowest BCUT2D eigenvalue weighted by molar-refractivity contribution is -0.253. The highest BCUT2D eigenvalue weighted by Gasteiger charge is 2.39. The molecule has 2 aliphatic rings. The van der Waals surface area contributed by atoms with Crippen molar-refractivity contribution in [3.05, 3.63) is 99.9 Å². The molecule has 2 saturated heterocycles. The van der Waals surface area contributed by atoms with Gasteiger partial charge in [-0.2, -0.15) is 0 Å². The van der Waals surface area contributed by atoms with Gasteiger partial charge in [-0.05, 0) is 63.4 Å². The number of anilines is 1. The number of amides is 1. The molecule has 3 aromatic rings. The van der Waals surface area contributed by atoms with E-state index in [0.29, 0.717) is 37.1 Å². The molecule has 2 aliphatic heterocycles. The molecular formula is C34H35F5N2O6. The Morgan fingerprint density at radius 3 is 2.23 bits per heavy atom. The van der Waals surface area contributed by atoms with Gasteiger partial charge < -0.3 is 24.6 Å². The second-order valence-electron chi connectivity index (χ2n) is 12.6. The Balaban J connectivity index is 1.39. The number of aliphatic hydroxyl groups is 1. The Bertz CT molecular complexity index is 1600. The molecule has 47 heavy (non-hydrogen) atoms. The molecule has 2 heterocycles. The Hall–Kier alpha value is -3.91. The molecule has 2 fully saturated rings. The second kappa shape index (κ2) is 14.1. The molecule has 0 aliphatic carbocycles. The number of nitrogens with one attached hydrogen (secondary N) is 1. The first-order valence-electron chi connectivity index (χ1n) is 15.2. The van der Waals surface area contributed by atoms with Crippen LogP contribution in [0.15, 0.2) is 48.5 Å². The largest absolute Gasteiger partial charge is 0.459 e. The molecule has 0 bridgehead atoms. The van der Waals surface area contributed by atoms with Crippen LogP contribution >= 0.6 is 0 Å². The fraction of sp³-hybridized carbons (Fsp3) is 0.412. The molecule has 3 aromatic carbocycles. The summed E-state index contributed by atoms with van der Waals surface area (Å²) in [6.07, 6.45) is -0.0777. The number of carbonyl (C=O) groups excluding carboxylic acids is 2. The molecule has 0 aromatic heterocycles. The van der Waals surface area contributed by atoms with Crippen LogP contribution in [0.1, 0.15) is 79.5 Å². The summed E-state index contributed by atoms with van der Waals surface area (Å²) in [7, 11) is 0. The highest BCUT2D eigenvalue weighted by Crippen LogP contribution is 2.39. The van der Waals surface area contributed by atoms with Crippen molar-refractivity contribution < 1.29 is 50.9 Å². The molecule has 13 heteroatoms. The van der Waals surface area contributed by atoms with E-state index in [2.05, 4.69) is 5.32 Å². The zero-order chi connectivity index (χ0) is 34.0. The van der Waals surface area contributed by atoms with Crippen molar-refractivity contribution in [2.45, 2.75) is 76.8 Å². The Morgan fingerprint density at radius 1 is 0.936 bits per heavy atom. The molecule has 0 spiro atoms. The number of benzene rings is 3. The smallest absolute Gasteiger partial charge is 0.323 e. The summed E-state index contributed by atoms with van der Waals surface area (Å²) < 4.78 is 87.9. The molecule has 0 saturated carbocycles. The van der Waals surface area contributed by atoms with E-state index < -0.39 is 70.7 Å². The van der Waals surface area contributed by atoms with Gasteiger partial charge in [0.1, 0.15) is 17.2 Å². The van der Waals surface area contributed by atoms with Crippen LogP contribution in [0.4, 0.5) is 27.6 Å². The summed E-state index contributed by atoms with van der Waals surface area (Å²) in [6.45, 7) is 6.33. The van der Waals surface area contributed by atoms with E-state index >= 15 is 0 Å². The number of aliphatic hydroxyl groups excluding tert-OH is 1. The maximum absolute atomic E-state index is 14.3. The van der Waals surface area contributed by atoms with Gasteiger partial charge in [0.2, 0.25) is 5.82 Å². The van der Waals surface area contributed by atoms with Crippen LogP contribution in [0.25, 0.3) is 0 Å².